The molecule has 0 heterocycles. The van der Waals surface area contributed by atoms with Gasteiger partial charge in [0.25, 0.3) is 5.91 Å². The van der Waals surface area contributed by atoms with Crippen molar-refractivity contribution in [3.8, 4) is 0 Å². The average Bonchev–Trinajstić information content (AvgIpc) is 2.63. The molecule has 0 aliphatic carbocycles. The predicted molar refractivity (Wildman–Crippen MR) is 110 cm³/mol. The summed E-state index contributed by atoms with van der Waals surface area (Å²) in [4.78, 5) is 18.5. The Labute approximate surface area is 164 Å². The first-order valence-corrected chi connectivity index (χ1v) is 9.52. The van der Waals surface area contributed by atoms with E-state index in [1.807, 2.05) is 12.1 Å². The molecule has 0 aliphatic heterocycles. The third kappa shape index (κ3) is 9.74. The minimum atomic E-state index is -0.0891. The van der Waals surface area contributed by atoms with Gasteiger partial charge in [-0.15, -0.1) is 0 Å². The molecular formula is C18H30BrN5O2. The number of aliphatic imine (C=N–C) groups is 1. The number of halogens is 1. The van der Waals surface area contributed by atoms with Crippen molar-refractivity contribution in [2.24, 2.45) is 4.99 Å². The number of rotatable bonds is 11. The van der Waals surface area contributed by atoms with Gasteiger partial charge in [0.1, 0.15) is 0 Å². The molecule has 0 spiro atoms. The summed E-state index contributed by atoms with van der Waals surface area (Å²) >= 11 is 3.37. The van der Waals surface area contributed by atoms with Gasteiger partial charge in [0.05, 0.1) is 0 Å². The van der Waals surface area contributed by atoms with Crippen molar-refractivity contribution < 1.29 is 9.53 Å². The summed E-state index contributed by atoms with van der Waals surface area (Å²) in [6, 6.07) is 7.32. The zero-order valence-electron chi connectivity index (χ0n) is 15.8. The van der Waals surface area contributed by atoms with Gasteiger partial charge in [-0.05, 0) is 31.7 Å². The van der Waals surface area contributed by atoms with Gasteiger partial charge in [-0.3, -0.25) is 9.79 Å². The second-order valence-corrected chi connectivity index (χ2v) is 6.76. The third-order valence-corrected chi connectivity index (χ3v) is 4.18. The van der Waals surface area contributed by atoms with Crippen LogP contribution in [0.1, 0.15) is 16.8 Å². The number of guanidine groups is 1. The Morgan fingerprint density at radius 2 is 1.92 bits per heavy atom. The van der Waals surface area contributed by atoms with Crippen molar-refractivity contribution in [2.45, 2.75) is 6.42 Å². The van der Waals surface area contributed by atoms with Crippen molar-refractivity contribution in [2.75, 3.05) is 60.5 Å². The van der Waals surface area contributed by atoms with E-state index in [1.165, 1.54) is 0 Å². The lowest BCUT2D eigenvalue weighted by atomic mass is 10.2. The number of benzene rings is 1. The van der Waals surface area contributed by atoms with Crippen molar-refractivity contribution >= 4 is 27.8 Å². The fraction of sp³-hybridized carbons (Fsp3) is 0.556. The molecule has 0 unspecified atom stereocenters. The number of ether oxygens (including phenoxy) is 1. The molecule has 0 fully saturated rings. The smallest absolute Gasteiger partial charge is 0.251 e. The molecule has 26 heavy (non-hydrogen) atoms. The number of methoxy groups -OCH3 is 1. The van der Waals surface area contributed by atoms with E-state index in [-0.39, 0.29) is 5.91 Å². The van der Waals surface area contributed by atoms with Crippen LogP contribution >= 0.6 is 15.9 Å². The maximum absolute atomic E-state index is 12.0. The molecule has 1 amide bonds. The number of likely N-dealkylation sites (N-methyl/N-ethyl adjacent to an activating group) is 1. The molecule has 0 atom stereocenters. The fourth-order valence-corrected chi connectivity index (χ4v) is 2.66. The first-order valence-electron chi connectivity index (χ1n) is 8.72. The van der Waals surface area contributed by atoms with Gasteiger partial charge < -0.3 is 25.6 Å². The zero-order valence-corrected chi connectivity index (χ0v) is 17.4. The maximum Gasteiger partial charge on any atom is 0.251 e. The topological polar surface area (TPSA) is 78.0 Å². The number of nitrogens with zero attached hydrogens (tertiary/aromatic N) is 2. The van der Waals surface area contributed by atoms with Crippen LogP contribution in [0.25, 0.3) is 0 Å². The van der Waals surface area contributed by atoms with Gasteiger partial charge in [0, 0.05) is 63.5 Å². The minimum Gasteiger partial charge on any atom is -0.385 e. The summed E-state index contributed by atoms with van der Waals surface area (Å²) < 4.78 is 5.94. The molecule has 0 saturated carbocycles. The number of hydrogen-bond acceptors (Lipinski definition) is 4. The monoisotopic (exact) mass is 427 g/mol. The Hall–Kier alpha value is -1.64. The highest BCUT2D eigenvalue weighted by Crippen LogP contribution is 2.11. The molecule has 0 radical (unpaired) electrons. The Morgan fingerprint density at radius 1 is 1.19 bits per heavy atom. The van der Waals surface area contributed by atoms with E-state index in [0.717, 1.165) is 43.1 Å². The first kappa shape index (κ1) is 22.4. The molecule has 0 saturated heterocycles. The molecule has 0 aliphatic rings. The molecule has 1 rings (SSSR count). The van der Waals surface area contributed by atoms with Gasteiger partial charge in [0.15, 0.2) is 5.96 Å². The van der Waals surface area contributed by atoms with Crippen LogP contribution in [0.2, 0.25) is 0 Å². The number of carbonyl (C=O) groups excluding carboxylic acids is 1. The highest BCUT2D eigenvalue weighted by Gasteiger charge is 2.05. The Balaban J connectivity index is 2.17. The lowest BCUT2D eigenvalue weighted by Gasteiger charge is -2.18. The Morgan fingerprint density at radius 3 is 2.62 bits per heavy atom. The van der Waals surface area contributed by atoms with E-state index >= 15 is 0 Å². The lowest BCUT2D eigenvalue weighted by Crippen LogP contribution is -2.43. The van der Waals surface area contributed by atoms with Crippen LogP contribution in [0.3, 0.4) is 0 Å². The van der Waals surface area contributed by atoms with Gasteiger partial charge >= 0.3 is 0 Å². The average molecular weight is 428 g/mol. The summed E-state index contributed by atoms with van der Waals surface area (Å²) in [5.41, 5.74) is 0.637. The van der Waals surface area contributed by atoms with E-state index in [0.29, 0.717) is 18.7 Å². The molecule has 146 valence electrons. The van der Waals surface area contributed by atoms with Crippen LogP contribution < -0.4 is 16.0 Å². The Kier molecular flexibility index (Phi) is 11.7. The molecule has 0 aromatic heterocycles. The van der Waals surface area contributed by atoms with Crippen LogP contribution in [-0.4, -0.2) is 77.3 Å². The minimum absolute atomic E-state index is 0.0891. The number of hydrogen-bond donors (Lipinski definition) is 3. The van der Waals surface area contributed by atoms with E-state index in [9.17, 15) is 4.79 Å². The summed E-state index contributed by atoms with van der Waals surface area (Å²) in [6.07, 6.45) is 1.03. The Bertz CT molecular complexity index is 568. The summed E-state index contributed by atoms with van der Waals surface area (Å²) in [5, 5.41) is 9.34. The molecule has 0 bridgehead atoms. The second kappa shape index (κ2) is 13.5. The predicted octanol–water partition coefficient (Wildman–Crippen LogP) is 1.31. The third-order valence-electron chi connectivity index (χ3n) is 3.69. The molecule has 7 nitrogen and oxygen atoms in total. The molecule has 8 heteroatoms. The summed E-state index contributed by atoms with van der Waals surface area (Å²) in [7, 11) is 5.54. The first-order chi connectivity index (χ1) is 12.6. The second-order valence-electron chi connectivity index (χ2n) is 5.84. The van der Waals surface area contributed by atoms with Gasteiger partial charge in [0.2, 0.25) is 0 Å². The van der Waals surface area contributed by atoms with Crippen molar-refractivity contribution in [3.63, 3.8) is 0 Å². The van der Waals surface area contributed by atoms with Crippen LogP contribution in [0.15, 0.2) is 33.7 Å². The van der Waals surface area contributed by atoms with E-state index in [2.05, 4.69) is 48.8 Å². The lowest BCUT2D eigenvalue weighted by molar-refractivity contribution is 0.0954. The largest absolute Gasteiger partial charge is 0.385 e. The highest BCUT2D eigenvalue weighted by atomic mass is 79.9. The number of amides is 1. The number of nitrogens with one attached hydrogen (secondary N) is 3. The van der Waals surface area contributed by atoms with Crippen LogP contribution in [0.5, 0.6) is 0 Å². The molecule has 1 aromatic rings. The maximum atomic E-state index is 12.0. The molecule has 3 N–H and O–H groups in total. The van der Waals surface area contributed by atoms with Crippen molar-refractivity contribution in [3.05, 3.63) is 34.3 Å². The van der Waals surface area contributed by atoms with E-state index in [4.69, 9.17) is 4.74 Å². The quantitative estimate of drug-likeness (QED) is 0.282. The normalized spacial score (nSPS) is 11.5. The standard InChI is InChI=1S/C18H30BrN5O2/c1-20-18(23-10-12-24(2)11-5-13-26-3)22-9-8-21-17(25)15-6-4-7-16(19)14-15/h4,6-7,14H,5,8-13H2,1-3H3,(H,21,25)(H2,20,22,23). The van der Waals surface area contributed by atoms with E-state index in [1.54, 1.807) is 26.3 Å². The van der Waals surface area contributed by atoms with Crippen molar-refractivity contribution in [1.82, 2.24) is 20.9 Å². The zero-order chi connectivity index (χ0) is 19.2. The van der Waals surface area contributed by atoms with Gasteiger partial charge in [-0.1, -0.05) is 22.0 Å². The molecule has 1 aromatic carbocycles. The SMILES string of the molecule is CN=C(NCCNC(=O)c1cccc(Br)c1)NCCN(C)CCCOC. The van der Waals surface area contributed by atoms with Crippen molar-refractivity contribution in [1.29, 1.82) is 0 Å². The van der Waals surface area contributed by atoms with E-state index < -0.39 is 0 Å². The van der Waals surface area contributed by atoms with Crippen LogP contribution in [0, 0.1) is 0 Å². The number of carbonyl (C=O) groups is 1. The van der Waals surface area contributed by atoms with Gasteiger partial charge in [-0.2, -0.15) is 0 Å². The van der Waals surface area contributed by atoms with Crippen LogP contribution in [0.4, 0.5) is 0 Å². The fourth-order valence-electron chi connectivity index (χ4n) is 2.27. The van der Waals surface area contributed by atoms with Crippen LogP contribution in [-0.2, 0) is 4.74 Å². The van der Waals surface area contributed by atoms with Gasteiger partial charge in [-0.25, -0.2) is 0 Å². The molecular weight excluding hydrogens is 398 g/mol. The highest BCUT2D eigenvalue weighted by molar-refractivity contribution is 9.10. The summed E-state index contributed by atoms with van der Waals surface area (Å²) in [5.74, 6) is 0.640. The summed E-state index contributed by atoms with van der Waals surface area (Å²) in [6.45, 7) is 4.62.